The molecule has 5 nitrogen and oxygen atoms in total. The molecule has 2 N–H and O–H groups in total. The van der Waals surface area contributed by atoms with Crippen LogP contribution in [0.1, 0.15) is 34.8 Å². The van der Waals surface area contributed by atoms with Gasteiger partial charge in [0.25, 0.3) is 5.91 Å². The first-order valence-electron chi connectivity index (χ1n) is 8.55. The molecule has 1 aliphatic rings. The molecule has 26 heavy (non-hydrogen) atoms. The van der Waals surface area contributed by atoms with Crippen LogP contribution in [-0.2, 0) is 0 Å². The Bertz CT molecular complexity index is 920. The highest BCUT2D eigenvalue weighted by atomic mass is 19.1. The molecule has 0 bridgehead atoms. The van der Waals surface area contributed by atoms with Gasteiger partial charge >= 0.3 is 0 Å². The monoisotopic (exact) mass is 356 g/mol. The maximum absolute atomic E-state index is 13.9. The summed E-state index contributed by atoms with van der Waals surface area (Å²) < 4.78 is 27.0. The van der Waals surface area contributed by atoms with Crippen molar-refractivity contribution >= 4 is 5.91 Å². The van der Waals surface area contributed by atoms with Crippen LogP contribution in [0.15, 0.2) is 42.6 Å². The van der Waals surface area contributed by atoms with E-state index in [1.807, 2.05) is 24.4 Å². The van der Waals surface area contributed by atoms with Crippen molar-refractivity contribution in [3.05, 3.63) is 65.5 Å². The van der Waals surface area contributed by atoms with Crippen LogP contribution < -0.4 is 0 Å². The third-order valence-electron chi connectivity index (χ3n) is 4.78. The number of carbonyl (C=O) groups is 1. The van der Waals surface area contributed by atoms with E-state index in [0.717, 1.165) is 42.1 Å². The van der Waals surface area contributed by atoms with Gasteiger partial charge in [0.1, 0.15) is 17.3 Å². The quantitative estimate of drug-likeness (QED) is 0.751. The number of benzene rings is 1. The highest BCUT2D eigenvalue weighted by Gasteiger charge is 2.28. The van der Waals surface area contributed by atoms with Crippen molar-refractivity contribution in [2.75, 3.05) is 13.1 Å². The second-order valence-electron chi connectivity index (χ2n) is 6.51. The summed E-state index contributed by atoms with van der Waals surface area (Å²) in [5, 5.41) is 7.37. The van der Waals surface area contributed by atoms with E-state index in [1.54, 1.807) is 4.90 Å². The van der Waals surface area contributed by atoms with Crippen LogP contribution in [0.3, 0.4) is 0 Å². The minimum atomic E-state index is -0.826. The number of aromatic nitrogens is 3. The smallest absolute Gasteiger partial charge is 0.256 e. The second kappa shape index (κ2) is 6.74. The van der Waals surface area contributed by atoms with Crippen LogP contribution in [0.2, 0.25) is 0 Å². The first-order valence-corrected chi connectivity index (χ1v) is 8.55. The van der Waals surface area contributed by atoms with Crippen molar-refractivity contribution in [3.8, 4) is 11.4 Å². The highest BCUT2D eigenvalue weighted by Crippen LogP contribution is 2.29. The van der Waals surface area contributed by atoms with Gasteiger partial charge < -0.3 is 9.88 Å². The summed E-state index contributed by atoms with van der Waals surface area (Å²) in [5.74, 6) is -1.82. The topological polar surface area (TPSA) is 64.8 Å². The van der Waals surface area contributed by atoms with Crippen molar-refractivity contribution < 1.29 is 13.6 Å². The van der Waals surface area contributed by atoms with E-state index in [-0.39, 0.29) is 11.5 Å². The van der Waals surface area contributed by atoms with E-state index in [0.29, 0.717) is 13.1 Å². The Hall–Kier alpha value is -2.96. The van der Waals surface area contributed by atoms with Crippen LogP contribution >= 0.6 is 0 Å². The lowest BCUT2D eigenvalue weighted by atomic mass is 9.94. The van der Waals surface area contributed by atoms with Gasteiger partial charge in [-0.15, -0.1) is 0 Å². The number of aromatic amines is 2. The molecule has 0 saturated carbocycles. The summed E-state index contributed by atoms with van der Waals surface area (Å²) in [6.07, 6.45) is 3.57. The lowest BCUT2D eigenvalue weighted by Crippen LogP contribution is -2.39. The van der Waals surface area contributed by atoms with Gasteiger partial charge in [-0.1, -0.05) is 0 Å². The van der Waals surface area contributed by atoms with E-state index < -0.39 is 17.5 Å². The zero-order chi connectivity index (χ0) is 18.1. The molecule has 4 rings (SSSR count). The third-order valence-corrected chi connectivity index (χ3v) is 4.78. The van der Waals surface area contributed by atoms with Gasteiger partial charge in [0.05, 0.1) is 11.3 Å². The number of H-pyrrole nitrogens is 2. The Morgan fingerprint density at radius 2 is 2.12 bits per heavy atom. The molecule has 1 saturated heterocycles. The average molecular weight is 356 g/mol. The predicted octanol–water partition coefficient (Wildman–Crippen LogP) is 3.70. The number of nitrogens with zero attached hydrogens (tertiary/aromatic N) is 2. The lowest BCUT2D eigenvalue weighted by molar-refractivity contribution is 0.0701. The van der Waals surface area contributed by atoms with E-state index in [2.05, 4.69) is 15.2 Å². The lowest BCUT2D eigenvalue weighted by Gasteiger charge is -2.32. The summed E-state index contributed by atoms with van der Waals surface area (Å²) >= 11 is 0. The molecule has 7 heteroatoms. The Morgan fingerprint density at radius 1 is 1.23 bits per heavy atom. The second-order valence-corrected chi connectivity index (χ2v) is 6.51. The minimum Gasteiger partial charge on any atom is -0.360 e. The third kappa shape index (κ3) is 3.12. The zero-order valence-corrected chi connectivity index (χ0v) is 14.0. The zero-order valence-electron chi connectivity index (χ0n) is 14.0. The van der Waals surface area contributed by atoms with E-state index in [4.69, 9.17) is 0 Å². The number of piperidine rings is 1. The molecule has 1 atom stereocenters. The molecule has 134 valence electrons. The number of hydrogen-bond acceptors (Lipinski definition) is 2. The van der Waals surface area contributed by atoms with Crippen molar-refractivity contribution in [3.63, 3.8) is 0 Å². The van der Waals surface area contributed by atoms with Crippen LogP contribution in [-0.4, -0.2) is 39.1 Å². The predicted molar refractivity (Wildman–Crippen MR) is 92.6 cm³/mol. The van der Waals surface area contributed by atoms with Gasteiger partial charge in [0.2, 0.25) is 0 Å². The van der Waals surface area contributed by atoms with E-state index in [1.165, 1.54) is 6.07 Å². The van der Waals surface area contributed by atoms with Gasteiger partial charge in [-0.05, 0) is 43.2 Å². The van der Waals surface area contributed by atoms with Crippen LogP contribution in [0.25, 0.3) is 11.4 Å². The number of carbonyl (C=O) groups excluding carboxylic acids is 1. The molecule has 1 fully saturated rings. The molecular formula is C19H18F2N4O. The molecule has 0 radical (unpaired) electrons. The summed E-state index contributed by atoms with van der Waals surface area (Å²) in [6, 6.07) is 8.87. The van der Waals surface area contributed by atoms with E-state index >= 15 is 0 Å². The van der Waals surface area contributed by atoms with Gasteiger partial charge in [-0.3, -0.25) is 9.89 Å². The number of likely N-dealkylation sites (tertiary alicyclic amines) is 1. The van der Waals surface area contributed by atoms with Crippen molar-refractivity contribution in [1.29, 1.82) is 0 Å². The van der Waals surface area contributed by atoms with Crippen molar-refractivity contribution in [2.24, 2.45) is 0 Å². The Labute approximate surface area is 149 Å². The van der Waals surface area contributed by atoms with Crippen molar-refractivity contribution in [2.45, 2.75) is 18.8 Å². The van der Waals surface area contributed by atoms with Gasteiger partial charge in [-0.25, -0.2) is 8.78 Å². The molecular weight excluding hydrogens is 338 g/mol. The normalized spacial score (nSPS) is 17.5. The largest absolute Gasteiger partial charge is 0.360 e. The maximum Gasteiger partial charge on any atom is 0.256 e. The minimum absolute atomic E-state index is 0.0938. The Morgan fingerprint density at radius 3 is 2.88 bits per heavy atom. The number of nitrogens with one attached hydrogen (secondary N) is 2. The van der Waals surface area contributed by atoms with Gasteiger partial charge in [0.15, 0.2) is 0 Å². The fourth-order valence-electron chi connectivity index (χ4n) is 3.42. The number of halogens is 2. The summed E-state index contributed by atoms with van der Waals surface area (Å²) in [4.78, 5) is 17.4. The molecule has 1 aromatic carbocycles. The first kappa shape index (κ1) is 16.5. The molecule has 0 unspecified atom stereocenters. The van der Waals surface area contributed by atoms with Crippen molar-refractivity contribution in [1.82, 2.24) is 20.1 Å². The Balaban J connectivity index is 1.51. The molecule has 0 aliphatic carbocycles. The molecule has 2 aromatic heterocycles. The molecule has 3 aromatic rings. The SMILES string of the molecule is O=C(c1ccc(F)cc1F)N1CCC[C@H](c2cc(-c3ccc[nH]3)n[nH]2)C1. The number of rotatable bonds is 3. The molecule has 3 heterocycles. The molecule has 0 spiro atoms. The number of hydrogen-bond donors (Lipinski definition) is 2. The van der Waals surface area contributed by atoms with Crippen LogP contribution in [0.4, 0.5) is 8.78 Å². The summed E-state index contributed by atoms with van der Waals surface area (Å²) in [7, 11) is 0. The van der Waals surface area contributed by atoms with E-state index in [9.17, 15) is 13.6 Å². The summed E-state index contributed by atoms with van der Waals surface area (Å²) in [6.45, 7) is 1.03. The van der Waals surface area contributed by atoms with Crippen LogP contribution in [0, 0.1) is 11.6 Å². The summed E-state index contributed by atoms with van der Waals surface area (Å²) in [5.41, 5.74) is 2.60. The standard InChI is InChI=1S/C19H18F2N4O/c20-13-5-6-14(15(21)9-13)19(26)25-8-2-3-12(11-25)17-10-18(24-23-17)16-4-1-7-22-16/h1,4-7,9-10,12,22H,2-3,8,11H2,(H,23,24)/t12-/m0/s1. The average Bonchev–Trinajstić information content (AvgIpc) is 3.33. The maximum atomic E-state index is 13.9. The fraction of sp³-hybridized carbons (Fsp3) is 0.263. The molecule has 1 aliphatic heterocycles. The first-order chi connectivity index (χ1) is 12.6. The Kier molecular flexibility index (Phi) is 4.28. The van der Waals surface area contributed by atoms with Gasteiger partial charge in [0, 0.05) is 37.0 Å². The van der Waals surface area contributed by atoms with Crippen LogP contribution in [0.5, 0.6) is 0 Å². The molecule has 1 amide bonds. The number of amides is 1. The fourth-order valence-corrected chi connectivity index (χ4v) is 3.42. The van der Waals surface area contributed by atoms with Gasteiger partial charge in [-0.2, -0.15) is 5.10 Å². The highest BCUT2D eigenvalue weighted by molar-refractivity contribution is 5.94.